The first kappa shape index (κ1) is 23.0. The van der Waals surface area contributed by atoms with Gasteiger partial charge in [-0.15, -0.1) is 13.2 Å². The van der Waals surface area contributed by atoms with Gasteiger partial charge >= 0.3 is 6.09 Å². The van der Waals surface area contributed by atoms with Gasteiger partial charge in [-0.05, 0) is 25.7 Å². The third kappa shape index (κ3) is 8.03. The van der Waals surface area contributed by atoms with E-state index in [1.54, 1.807) is 4.90 Å². The number of likely N-dealkylation sites (tertiary alicyclic amines) is 1. The highest BCUT2D eigenvalue weighted by Gasteiger charge is 2.24. The molecule has 1 atom stereocenters. The highest BCUT2D eigenvalue weighted by molar-refractivity contribution is 5.78. The zero-order valence-electron chi connectivity index (χ0n) is 17.2. The third-order valence-electron chi connectivity index (χ3n) is 4.79. The average Bonchev–Trinajstić information content (AvgIpc) is 2.62. The van der Waals surface area contributed by atoms with E-state index in [2.05, 4.69) is 42.2 Å². The summed E-state index contributed by atoms with van der Waals surface area (Å²) in [5.41, 5.74) is 6.12. The number of nitrogens with one attached hydrogen (secondary N) is 1. The van der Waals surface area contributed by atoms with E-state index in [-0.39, 0.29) is 18.2 Å². The fourth-order valence-corrected chi connectivity index (χ4v) is 3.29. The van der Waals surface area contributed by atoms with Crippen molar-refractivity contribution in [1.29, 1.82) is 0 Å². The molecule has 0 aliphatic carbocycles. The summed E-state index contributed by atoms with van der Waals surface area (Å²) in [6.45, 7) is 17.8. The SMILES string of the molecule is C=CCN(CC=C)C(CN=C(N)NC1CCN(C(=O)OCC)CC1)C(C)C. The van der Waals surface area contributed by atoms with Crippen LogP contribution in [0.1, 0.15) is 33.6 Å². The van der Waals surface area contributed by atoms with Crippen molar-refractivity contribution in [1.82, 2.24) is 15.1 Å². The zero-order valence-corrected chi connectivity index (χ0v) is 17.2. The summed E-state index contributed by atoms with van der Waals surface area (Å²) in [6.07, 6.45) is 5.24. The van der Waals surface area contributed by atoms with Gasteiger partial charge in [0.25, 0.3) is 0 Å². The van der Waals surface area contributed by atoms with Gasteiger partial charge in [0.05, 0.1) is 13.2 Å². The molecule has 7 heteroatoms. The molecule has 0 aromatic carbocycles. The van der Waals surface area contributed by atoms with Crippen molar-refractivity contribution in [3.8, 4) is 0 Å². The molecule has 3 N–H and O–H groups in total. The maximum absolute atomic E-state index is 11.8. The van der Waals surface area contributed by atoms with Crippen LogP contribution in [0.3, 0.4) is 0 Å². The van der Waals surface area contributed by atoms with E-state index in [1.165, 1.54) is 0 Å². The van der Waals surface area contributed by atoms with E-state index in [0.717, 1.165) is 25.9 Å². The number of ether oxygens (including phenoxy) is 1. The lowest BCUT2D eigenvalue weighted by Gasteiger charge is -2.33. The summed E-state index contributed by atoms with van der Waals surface area (Å²) in [5.74, 6) is 0.904. The number of nitrogens with two attached hydrogens (primary N) is 1. The van der Waals surface area contributed by atoms with Gasteiger partial charge in [0.2, 0.25) is 0 Å². The predicted molar refractivity (Wildman–Crippen MR) is 112 cm³/mol. The minimum absolute atomic E-state index is 0.231. The van der Waals surface area contributed by atoms with Crippen LogP contribution >= 0.6 is 0 Å². The predicted octanol–water partition coefficient (Wildman–Crippen LogP) is 2.21. The first-order valence-corrected chi connectivity index (χ1v) is 9.86. The fourth-order valence-electron chi connectivity index (χ4n) is 3.29. The van der Waals surface area contributed by atoms with Gasteiger partial charge in [-0.1, -0.05) is 26.0 Å². The molecule has 0 bridgehead atoms. The molecule has 1 fully saturated rings. The Hall–Kier alpha value is -2.02. The summed E-state index contributed by atoms with van der Waals surface area (Å²) in [4.78, 5) is 20.4. The van der Waals surface area contributed by atoms with Crippen LogP contribution in [0.25, 0.3) is 0 Å². The van der Waals surface area contributed by atoms with Crippen LogP contribution in [0.2, 0.25) is 0 Å². The number of aliphatic imine (C=N–C) groups is 1. The number of rotatable bonds is 10. The highest BCUT2D eigenvalue weighted by atomic mass is 16.6. The number of guanidine groups is 1. The molecule has 0 spiro atoms. The number of hydrogen-bond donors (Lipinski definition) is 2. The van der Waals surface area contributed by atoms with Crippen LogP contribution in [-0.2, 0) is 4.74 Å². The number of carbonyl (C=O) groups is 1. The number of hydrogen-bond acceptors (Lipinski definition) is 4. The highest BCUT2D eigenvalue weighted by Crippen LogP contribution is 2.13. The molecular weight excluding hydrogens is 342 g/mol. The summed E-state index contributed by atoms with van der Waals surface area (Å²) >= 11 is 0. The van der Waals surface area contributed by atoms with Crippen LogP contribution < -0.4 is 11.1 Å². The largest absolute Gasteiger partial charge is 0.450 e. The van der Waals surface area contributed by atoms with Crippen LogP contribution in [0, 0.1) is 5.92 Å². The van der Waals surface area contributed by atoms with Gasteiger partial charge in [0.15, 0.2) is 5.96 Å². The first-order valence-electron chi connectivity index (χ1n) is 9.86. The average molecular weight is 380 g/mol. The Kier molecular flexibility index (Phi) is 10.6. The Morgan fingerprint density at radius 1 is 1.33 bits per heavy atom. The fraction of sp³-hybridized carbons (Fsp3) is 0.700. The lowest BCUT2D eigenvalue weighted by Crippen LogP contribution is -2.49. The molecule has 1 amide bonds. The lowest BCUT2D eigenvalue weighted by molar-refractivity contribution is 0.0963. The van der Waals surface area contributed by atoms with E-state index in [4.69, 9.17) is 10.5 Å². The van der Waals surface area contributed by atoms with Crippen molar-refractivity contribution in [2.24, 2.45) is 16.6 Å². The molecule has 154 valence electrons. The molecule has 0 saturated carbocycles. The van der Waals surface area contributed by atoms with E-state index < -0.39 is 0 Å². The summed E-state index contributed by atoms with van der Waals surface area (Å²) in [5, 5.41) is 3.30. The molecular formula is C20H37N5O2. The quantitative estimate of drug-likeness (QED) is 0.345. The lowest BCUT2D eigenvalue weighted by atomic mass is 10.0. The van der Waals surface area contributed by atoms with Crippen molar-refractivity contribution in [2.75, 3.05) is 39.3 Å². The van der Waals surface area contributed by atoms with Crippen molar-refractivity contribution < 1.29 is 9.53 Å². The smallest absolute Gasteiger partial charge is 0.409 e. The van der Waals surface area contributed by atoms with Gasteiger partial charge in [0, 0.05) is 38.3 Å². The Morgan fingerprint density at radius 2 is 1.93 bits per heavy atom. The Balaban J connectivity index is 2.54. The van der Waals surface area contributed by atoms with E-state index in [0.29, 0.717) is 38.1 Å². The molecule has 0 aromatic heterocycles. The van der Waals surface area contributed by atoms with Crippen LogP contribution in [0.5, 0.6) is 0 Å². The third-order valence-corrected chi connectivity index (χ3v) is 4.79. The van der Waals surface area contributed by atoms with E-state index >= 15 is 0 Å². The molecule has 0 radical (unpaired) electrons. The normalized spacial score (nSPS) is 17.1. The molecule has 27 heavy (non-hydrogen) atoms. The summed E-state index contributed by atoms with van der Waals surface area (Å²) in [6, 6.07) is 0.501. The minimum atomic E-state index is -0.234. The minimum Gasteiger partial charge on any atom is -0.450 e. The number of piperidine rings is 1. The molecule has 1 saturated heterocycles. The molecule has 1 heterocycles. The van der Waals surface area contributed by atoms with Crippen molar-refractivity contribution >= 4 is 12.1 Å². The standard InChI is InChI=1S/C20H37N5O2/c1-6-11-24(12-7-2)18(16(4)5)15-22-19(21)23-17-9-13-25(14-10-17)20(26)27-8-3/h6-7,16-18H,1-2,8-15H2,3-5H3,(H3,21,22,23). The maximum Gasteiger partial charge on any atom is 0.409 e. The second kappa shape index (κ2) is 12.4. The van der Waals surface area contributed by atoms with Crippen molar-refractivity contribution in [3.05, 3.63) is 25.3 Å². The molecule has 1 aliphatic heterocycles. The van der Waals surface area contributed by atoms with Crippen molar-refractivity contribution in [2.45, 2.75) is 45.7 Å². The van der Waals surface area contributed by atoms with Gasteiger partial charge in [-0.2, -0.15) is 0 Å². The van der Waals surface area contributed by atoms with Crippen LogP contribution in [-0.4, -0.2) is 73.3 Å². The Bertz CT molecular complexity index is 489. The summed E-state index contributed by atoms with van der Waals surface area (Å²) in [7, 11) is 0. The van der Waals surface area contributed by atoms with E-state index in [1.807, 2.05) is 19.1 Å². The number of nitrogens with zero attached hydrogens (tertiary/aromatic N) is 3. The molecule has 7 nitrogen and oxygen atoms in total. The van der Waals surface area contributed by atoms with Gasteiger partial charge in [0.1, 0.15) is 0 Å². The topological polar surface area (TPSA) is 83.2 Å². The van der Waals surface area contributed by atoms with Gasteiger partial charge in [-0.25, -0.2) is 4.79 Å². The van der Waals surface area contributed by atoms with Gasteiger partial charge < -0.3 is 20.7 Å². The summed E-state index contributed by atoms with van der Waals surface area (Å²) < 4.78 is 5.05. The first-order chi connectivity index (χ1) is 12.9. The second-order valence-corrected chi connectivity index (χ2v) is 7.17. The Morgan fingerprint density at radius 3 is 2.41 bits per heavy atom. The van der Waals surface area contributed by atoms with Crippen LogP contribution in [0.15, 0.2) is 30.3 Å². The molecule has 1 rings (SSSR count). The monoisotopic (exact) mass is 379 g/mol. The molecule has 0 aromatic rings. The second-order valence-electron chi connectivity index (χ2n) is 7.17. The van der Waals surface area contributed by atoms with Crippen LogP contribution in [0.4, 0.5) is 4.79 Å². The number of amides is 1. The maximum atomic E-state index is 11.8. The Labute approximate surface area is 164 Å². The number of carbonyl (C=O) groups excluding carboxylic acids is 1. The van der Waals surface area contributed by atoms with Crippen molar-refractivity contribution in [3.63, 3.8) is 0 Å². The molecule has 1 unspecified atom stereocenters. The van der Waals surface area contributed by atoms with E-state index in [9.17, 15) is 4.79 Å². The zero-order chi connectivity index (χ0) is 20.2. The molecule has 1 aliphatic rings. The van der Waals surface area contributed by atoms with Gasteiger partial charge in [-0.3, -0.25) is 9.89 Å².